The standard InChI is InChI=1S/C22H22ClN3O3S/c23-21-13-19(6-4-18(21)14-24)25-22(27)16-8-10-26(11-9-16)30(28,29)20-7-5-15-2-1-3-17(15)12-20/h4-7,12-13,16H,1-3,8-11H2,(H,25,27). The number of nitriles is 1. The van der Waals surface area contributed by atoms with Gasteiger partial charge in [0.05, 0.1) is 15.5 Å². The van der Waals surface area contributed by atoms with Crippen molar-refractivity contribution in [2.75, 3.05) is 18.4 Å². The molecule has 2 aromatic carbocycles. The fourth-order valence-electron chi connectivity index (χ4n) is 4.14. The molecule has 8 heteroatoms. The summed E-state index contributed by atoms with van der Waals surface area (Å²) in [7, 11) is -3.55. The summed E-state index contributed by atoms with van der Waals surface area (Å²) in [6, 6.07) is 12.2. The van der Waals surface area contributed by atoms with Crippen LogP contribution in [0.2, 0.25) is 5.02 Å². The van der Waals surface area contributed by atoms with Crippen LogP contribution in [-0.2, 0) is 27.7 Å². The number of benzene rings is 2. The molecule has 0 radical (unpaired) electrons. The molecule has 1 aliphatic carbocycles. The van der Waals surface area contributed by atoms with Crippen LogP contribution < -0.4 is 5.32 Å². The highest BCUT2D eigenvalue weighted by Gasteiger charge is 2.32. The Morgan fingerprint density at radius 2 is 1.83 bits per heavy atom. The van der Waals surface area contributed by atoms with E-state index in [0.717, 1.165) is 24.8 Å². The molecule has 30 heavy (non-hydrogen) atoms. The largest absolute Gasteiger partial charge is 0.326 e. The van der Waals surface area contributed by atoms with Gasteiger partial charge in [-0.2, -0.15) is 9.57 Å². The number of aryl methyl sites for hydroxylation is 2. The van der Waals surface area contributed by atoms with Gasteiger partial charge in [0.15, 0.2) is 0 Å². The second kappa shape index (κ2) is 8.38. The van der Waals surface area contributed by atoms with Crippen molar-refractivity contribution in [1.82, 2.24) is 4.31 Å². The number of fused-ring (bicyclic) bond motifs is 1. The summed E-state index contributed by atoms with van der Waals surface area (Å²) < 4.78 is 27.6. The molecule has 0 spiro atoms. The highest BCUT2D eigenvalue weighted by Crippen LogP contribution is 2.29. The van der Waals surface area contributed by atoms with E-state index in [0.29, 0.717) is 42.1 Å². The lowest BCUT2D eigenvalue weighted by molar-refractivity contribution is -0.120. The van der Waals surface area contributed by atoms with Gasteiger partial charge in [-0.25, -0.2) is 8.42 Å². The maximum absolute atomic E-state index is 13.0. The molecule has 0 unspecified atom stereocenters. The van der Waals surface area contributed by atoms with Gasteiger partial charge in [0.1, 0.15) is 6.07 Å². The Kier molecular flexibility index (Phi) is 5.83. The first-order chi connectivity index (χ1) is 14.4. The molecule has 0 bridgehead atoms. The van der Waals surface area contributed by atoms with E-state index in [2.05, 4.69) is 5.32 Å². The Labute approximate surface area is 181 Å². The number of nitrogens with zero attached hydrogens (tertiary/aromatic N) is 2. The van der Waals surface area contributed by atoms with E-state index in [1.165, 1.54) is 9.87 Å². The lowest BCUT2D eigenvalue weighted by Crippen LogP contribution is -2.41. The van der Waals surface area contributed by atoms with Gasteiger partial charge in [0.2, 0.25) is 15.9 Å². The molecule has 1 amide bonds. The van der Waals surface area contributed by atoms with Crippen LogP contribution in [0.1, 0.15) is 36.0 Å². The second-order valence-corrected chi connectivity index (χ2v) is 10.1. The molecular weight excluding hydrogens is 422 g/mol. The summed E-state index contributed by atoms with van der Waals surface area (Å²) in [5.41, 5.74) is 3.25. The number of hydrogen-bond acceptors (Lipinski definition) is 4. The first-order valence-corrected chi connectivity index (χ1v) is 11.8. The summed E-state index contributed by atoms with van der Waals surface area (Å²) in [5.74, 6) is -0.434. The van der Waals surface area contributed by atoms with Crippen molar-refractivity contribution in [1.29, 1.82) is 5.26 Å². The van der Waals surface area contributed by atoms with Gasteiger partial charge < -0.3 is 5.32 Å². The van der Waals surface area contributed by atoms with Crippen LogP contribution >= 0.6 is 11.6 Å². The molecule has 0 saturated carbocycles. The topological polar surface area (TPSA) is 90.3 Å². The second-order valence-electron chi connectivity index (χ2n) is 7.76. The molecule has 1 aliphatic heterocycles. The van der Waals surface area contributed by atoms with Gasteiger partial charge in [0.25, 0.3) is 0 Å². The van der Waals surface area contributed by atoms with Crippen molar-refractivity contribution in [2.24, 2.45) is 5.92 Å². The van der Waals surface area contributed by atoms with Crippen LogP contribution in [-0.4, -0.2) is 31.7 Å². The number of sulfonamides is 1. The smallest absolute Gasteiger partial charge is 0.243 e. The maximum atomic E-state index is 13.0. The third-order valence-corrected chi connectivity index (χ3v) is 8.10. The third-order valence-electron chi connectivity index (χ3n) is 5.89. The fraction of sp³-hybridized carbons (Fsp3) is 0.364. The molecule has 1 fully saturated rings. The molecule has 1 N–H and O–H groups in total. The predicted octanol–water partition coefficient (Wildman–Crippen LogP) is 3.74. The number of amides is 1. The number of nitrogens with one attached hydrogen (secondary N) is 1. The predicted molar refractivity (Wildman–Crippen MR) is 115 cm³/mol. The van der Waals surface area contributed by atoms with Crippen LogP contribution in [0.15, 0.2) is 41.3 Å². The first kappa shape index (κ1) is 20.9. The number of hydrogen-bond donors (Lipinski definition) is 1. The van der Waals surface area contributed by atoms with E-state index in [-0.39, 0.29) is 16.8 Å². The Morgan fingerprint density at radius 3 is 2.53 bits per heavy atom. The highest BCUT2D eigenvalue weighted by molar-refractivity contribution is 7.89. The SMILES string of the molecule is N#Cc1ccc(NC(=O)C2CCN(S(=O)(=O)c3ccc4c(c3)CCC4)CC2)cc1Cl. The maximum Gasteiger partial charge on any atom is 0.243 e. The zero-order chi connectivity index (χ0) is 21.3. The van der Waals surface area contributed by atoms with E-state index in [1.54, 1.807) is 24.3 Å². The average molecular weight is 444 g/mol. The van der Waals surface area contributed by atoms with Gasteiger partial charge in [-0.1, -0.05) is 17.7 Å². The zero-order valence-corrected chi connectivity index (χ0v) is 18.0. The van der Waals surface area contributed by atoms with Crippen LogP contribution in [0.5, 0.6) is 0 Å². The number of carbonyl (C=O) groups excluding carboxylic acids is 1. The van der Waals surface area contributed by atoms with Gasteiger partial charge in [-0.3, -0.25) is 4.79 Å². The fourth-order valence-corrected chi connectivity index (χ4v) is 5.89. The van der Waals surface area contributed by atoms with Gasteiger partial charge in [0, 0.05) is 24.7 Å². The number of rotatable bonds is 4. The van der Waals surface area contributed by atoms with E-state index in [9.17, 15) is 13.2 Å². The molecule has 0 atom stereocenters. The van der Waals surface area contributed by atoms with Gasteiger partial charge >= 0.3 is 0 Å². The van der Waals surface area contributed by atoms with Crippen molar-refractivity contribution in [2.45, 2.75) is 37.0 Å². The van der Waals surface area contributed by atoms with Crippen LogP contribution in [0.3, 0.4) is 0 Å². The average Bonchev–Trinajstić information content (AvgIpc) is 3.22. The molecular formula is C22H22ClN3O3S. The van der Waals surface area contributed by atoms with Gasteiger partial charge in [-0.05, 0) is 73.6 Å². The van der Waals surface area contributed by atoms with E-state index >= 15 is 0 Å². The lowest BCUT2D eigenvalue weighted by Gasteiger charge is -2.30. The Hall–Kier alpha value is -2.40. The molecule has 156 valence electrons. The Balaban J connectivity index is 1.39. The minimum Gasteiger partial charge on any atom is -0.326 e. The monoisotopic (exact) mass is 443 g/mol. The van der Waals surface area contributed by atoms with Crippen molar-refractivity contribution < 1.29 is 13.2 Å². The third kappa shape index (κ3) is 4.08. The van der Waals surface area contributed by atoms with Crippen LogP contribution in [0.25, 0.3) is 0 Å². The highest BCUT2D eigenvalue weighted by atomic mass is 35.5. The molecule has 4 rings (SSSR count). The molecule has 1 heterocycles. The van der Waals surface area contributed by atoms with E-state index in [1.807, 2.05) is 18.2 Å². The van der Waals surface area contributed by atoms with Crippen molar-refractivity contribution in [3.8, 4) is 6.07 Å². The molecule has 1 saturated heterocycles. The Morgan fingerprint density at radius 1 is 1.10 bits per heavy atom. The number of piperidine rings is 1. The van der Waals surface area contributed by atoms with E-state index in [4.69, 9.17) is 16.9 Å². The molecule has 0 aromatic heterocycles. The van der Waals surface area contributed by atoms with Crippen molar-refractivity contribution >= 4 is 33.2 Å². The number of anilines is 1. The summed E-state index contributed by atoms with van der Waals surface area (Å²) in [5, 5.41) is 12.0. The van der Waals surface area contributed by atoms with E-state index < -0.39 is 10.0 Å². The van der Waals surface area contributed by atoms with Crippen molar-refractivity contribution in [3.63, 3.8) is 0 Å². The minimum atomic E-state index is -3.55. The first-order valence-electron chi connectivity index (χ1n) is 10.0. The summed E-state index contributed by atoms with van der Waals surface area (Å²) >= 11 is 6.01. The summed E-state index contributed by atoms with van der Waals surface area (Å²) in [6.07, 6.45) is 3.94. The minimum absolute atomic E-state index is 0.162. The molecule has 2 aliphatic rings. The van der Waals surface area contributed by atoms with Gasteiger partial charge in [-0.15, -0.1) is 0 Å². The number of carbonyl (C=O) groups is 1. The van der Waals surface area contributed by atoms with Crippen LogP contribution in [0.4, 0.5) is 5.69 Å². The van der Waals surface area contributed by atoms with Crippen molar-refractivity contribution in [3.05, 3.63) is 58.1 Å². The summed E-state index contributed by atoms with van der Waals surface area (Å²) in [6.45, 7) is 0.622. The normalized spacial score (nSPS) is 17.3. The quantitative estimate of drug-likeness (QED) is 0.779. The molecule has 2 aromatic rings. The molecule has 6 nitrogen and oxygen atoms in total. The van der Waals surface area contributed by atoms with Crippen LogP contribution in [0, 0.1) is 17.2 Å². The lowest BCUT2D eigenvalue weighted by atomic mass is 9.97. The number of halogens is 1. The zero-order valence-electron chi connectivity index (χ0n) is 16.4. The Bertz CT molecular complexity index is 1130. The summed E-state index contributed by atoms with van der Waals surface area (Å²) in [4.78, 5) is 12.9.